The molecule has 11 heavy (non-hydrogen) atoms. The monoisotopic (exact) mass is 170 g/mol. The number of rotatable bonds is 1. The van der Waals surface area contributed by atoms with Crippen LogP contribution in [0.15, 0.2) is 0 Å². The number of nitrogens with one attached hydrogen (secondary N) is 1. The van der Waals surface area contributed by atoms with Crippen molar-refractivity contribution in [2.45, 2.75) is 26.3 Å². The molecule has 0 bridgehead atoms. The predicted molar refractivity (Wildman–Crippen MR) is 42.6 cm³/mol. The maximum absolute atomic E-state index is 4.96. The molecule has 0 saturated heterocycles. The first-order valence-electron chi connectivity index (χ1n) is 3.61. The molecule has 0 amide bonds. The van der Waals surface area contributed by atoms with Gasteiger partial charge in [0.15, 0.2) is 0 Å². The van der Waals surface area contributed by atoms with Gasteiger partial charge in [-0.05, 0) is 24.1 Å². The third-order valence-electron chi connectivity index (χ3n) is 2.27. The molecule has 2 rings (SSSR count). The van der Waals surface area contributed by atoms with Gasteiger partial charge in [0.25, 0.3) is 0 Å². The van der Waals surface area contributed by atoms with E-state index in [1.807, 2.05) is 4.68 Å². The third kappa shape index (κ3) is 0.994. The van der Waals surface area contributed by atoms with Crippen LogP contribution >= 0.6 is 12.2 Å². The Morgan fingerprint density at radius 3 is 2.73 bits per heavy atom. The van der Waals surface area contributed by atoms with E-state index in [4.69, 9.17) is 12.2 Å². The van der Waals surface area contributed by atoms with E-state index in [9.17, 15) is 0 Å². The lowest BCUT2D eigenvalue weighted by Gasteiger charge is -2.01. The molecule has 0 spiro atoms. The molecule has 0 aliphatic heterocycles. The van der Waals surface area contributed by atoms with Crippen molar-refractivity contribution in [3.8, 4) is 0 Å². The summed E-state index contributed by atoms with van der Waals surface area (Å²) in [5.74, 6) is 0. The van der Waals surface area contributed by atoms with E-state index in [1.165, 1.54) is 0 Å². The Kier molecular flexibility index (Phi) is 1.21. The summed E-state index contributed by atoms with van der Waals surface area (Å²) in [6, 6.07) is 0.477. The lowest BCUT2D eigenvalue weighted by Crippen LogP contribution is -2.02. The van der Waals surface area contributed by atoms with Gasteiger partial charge in [-0.25, -0.2) is 4.68 Å². The molecular formula is C6H10N4S. The van der Waals surface area contributed by atoms with Crippen molar-refractivity contribution in [1.82, 2.24) is 20.2 Å². The fourth-order valence-electron chi connectivity index (χ4n) is 1.29. The summed E-state index contributed by atoms with van der Waals surface area (Å²) in [4.78, 5) is 0. The summed E-state index contributed by atoms with van der Waals surface area (Å²) in [6.07, 6.45) is 1.16. The highest BCUT2D eigenvalue weighted by Crippen LogP contribution is 2.54. The summed E-state index contributed by atoms with van der Waals surface area (Å²) in [5.41, 5.74) is 0.368. The Morgan fingerprint density at radius 2 is 2.36 bits per heavy atom. The summed E-state index contributed by atoms with van der Waals surface area (Å²) < 4.78 is 2.41. The Labute approximate surface area is 69.6 Å². The first-order valence-corrected chi connectivity index (χ1v) is 4.02. The SMILES string of the molecule is CC1(C)CC1n1[nH]nnc1=S. The van der Waals surface area contributed by atoms with Gasteiger partial charge in [0, 0.05) is 0 Å². The van der Waals surface area contributed by atoms with Gasteiger partial charge in [-0.15, -0.1) is 0 Å². The van der Waals surface area contributed by atoms with Crippen molar-refractivity contribution in [3.63, 3.8) is 0 Å². The average Bonchev–Trinajstić information content (AvgIpc) is 2.38. The maximum Gasteiger partial charge on any atom is 0.238 e. The number of H-pyrrole nitrogens is 1. The molecule has 1 atom stereocenters. The lowest BCUT2D eigenvalue weighted by molar-refractivity contribution is 0.490. The van der Waals surface area contributed by atoms with E-state index < -0.39 is 0 Å². The largest absolute Gasteiger partial charge is 0.239 e. The molecule has 1 aromatic rings. The van der Waals surface area contributed by atoms with Crippen LogP contribution in [0.25, 0.3) is 0 Å². The molecule has 1 aliphatic carbocycles. The maximum atomic E-state index is 4.96. The van der Waals surface area contributed by atoms with Crippen LogP contribution in [0.5, 0.6) is 0 Å². The van der Waals surface area contributed by atoms with Gasteiger partial charge >= 0.3 is 0 Å². The fourth-order valence-corrected chi connectivity index (χ4v) is 1.50. The van der Waals surface area contributed by atoms with Crippen molar-refractivity contribution in [1.29, 1.82) is 0 Å². The molecule has 1 aliphatic rings. The number of hydrogen-bond donors (Lipinski definition) is 1. The molecule has 60 valence electrons. The zero-order valence-electron chi connectivity index (χ0n) is 6.53. The van der Waals surface area contributed by atoms with Crippen molar-refractivity contribution in [2.75, 3.05) is 0 Å². The molecule has 1 N–H and O–H groups in total. The van der Waals surface area contributed by atoms with Crippen LogP contribution in [0.1, 0.15) is 26.3 Å². The Hall–Kier alpha value is -0.710. The molecule has 1 unspecified atom stereocenters. The third-order valence-corrected chi connectivity index (χ3v) is 2.55. The van der Waals surface area contributed by atoms with Crippen LogP contribution in [0, 0.1) is 10.2 Å². The van der Waals surface area contributed by atoms with Crippen LogP contribution in [-0.4, -0.2) is 20.2 Å². The van der Waals surface area contributed by atoms with Gasteiger partial charge in [-0.3, -0.25) is 0 Å². The van der Waals surface area contributed by atoms with Gasteiger partial charge in [-0.2, -0.15) is 5.21 Å². The molecule has 1 fully saturated rings. The minimum atomic E-state index is 0.368. The van der Waals surface area contributed by atoms with Crippen molar-refractivity contribution >= 4 is 12.2 Å². The zero-order valence-corrected chi connectivity index (χ0v) is 7.35. The second-order valence-corrected chi connectivity index (χ2v) is 4.03. The Balaban J connectivity index is 2.34. The Morgan fingerprint density at radius 1 is 1.73 bits per heavy atom. The van der Waals surface area contributed by atoms with Crippen LogP contribution in [0.2, 0.25) is 0 Å². The molecule has 1 saturated carbocycles. The van der Waals surface area contributed by atoms with Crippen molar-refractivity contribution in [2.24, 2.45) is 5.41 Å². The van der Waals surface area contributed by atoms with Gasteiger partial charge in [-0.1, -0.05) is 24.2 Å². The summed E-state index contributed by atoms with van der Waals surface area (Å²) in [7, 11) is 0. The van der Waals surface area contributed by atoms with Crippen LogP contribution in [0.3, 0.4) is 0 Å². The molecule has 4 nitrogen and oxygen atoms in total. The zero-order chi connectivity index (χ0) is 8.06. The van der Waals surface area contributed by atoms with Gasteiger partial charge in [0.1, 0.15) is 0 Å². The number of nitrogens with zero attached hydrogens (tertiary/aromatic N) is 3. The second-order valence-electron chi connectivity index (χ2n) is 3.66. The summed E-state index contributed by atoms with van der Waals surface area (Å²) in [6.45, 7) is 4.42. The highest BCUT2D eigenvalue weighted by Gasteiger charge is 2.48. The van der Waals surface area contributed by atoms with Crippen LogP contribution in [0.4, 0.5) is 0 Å². The van der Waals surface area contributed by atoms with E-state index in [0.29, 0.717) is 16.2 Å². The van der Waals surface area contributed by atoms with E-state index in [1.54, 1.807) is 0 Å². The van der Waals surface area contributed by atoms with Crippen LogP contribution in [-0.2, 0) is 0 Å². The smallest absolute Gasteiger partial charge is 0.238 e. The number of tetrazole rings is 1. The fraction of sp³-hybridized carbons (Fsp3) is 0.833. The Bertz CT molecular complexity index is 323. The van der Waals surface area contributed by atoms with E-state index in [0.717, 1.165) is 6.42 Å². The highest BCUT2D eigenvalue weighted by molar-refractivity contribution is 7.71. The topological polar surface area (TPSA) is 46.5 Å². The first kappa shape index (κ1) is 6.97. The molecule has 1 heterocycles. The van der Waals surface area contributed by atoms with E-state index in [-0.39, 0.29) is 0 Å². The standard InChI is InChI=1S/C6H10N4S/c1-6(2)3-4(6)10-5(11)7-8-9-10/h4H,3H2,1-2H3,(H,7,9,11). The minimum Gasteiger partial charge on any atom is -0.239 e. The molecular weight excluding hydrogens is 160 g/mol. The summed E-state index contributed by atoms with van der Waals surface area (Å²) in [5, 5.41) is 10.1. The molecule has 0 aromatic carbocycles. The van der Waals surface area contributed by atoms with Gasteiger partial charge < -0.3 is 0 Å². The quantitative estimate of drug-likeness (QED) is 0.646. The van der Waals surface area contributed by atoms with Gasteiger partial charge in [0.2, 0.25) is 4.77 Å². The predicted octanol–water partition coefficient (Wildman–Crippen LogP) is 1.31. The van der Waals surface area contributed by atoms with E-state index in [2.05, 4.69) is 29.4 Å². The number of hydrogen-bond acceptors (Lipinski definition) is 3. The average molecular weight is 170 g/mol. The molecule has 5 heteroatoms. The normalized spacial score (nSPS) is 26.9. The molecule has 0 radical (unpaired) electrons. The van der Waals surface area contributed by atoms with E-state index >= 15 is 0 Å². The highest BCUT2D eigenvalue weighted by atomic mass is 32.1. The number of aromatic amines is 1. The first-order chi connectivity index (χ1) is 5.11. The minimum absolute atomic E-state index is 0.368. The lowest BCUT2D eigenvalue weighted by atomic mass is 10.2. The summed E-state index contributed by atoms with van der Waals surface area (Å²) >= 11 is 4.96. The van der Waals surface area contributed by atoms with Crippen molar-refractivity contribution in [3.05, 3.63) is 4.77 Å². The van der Waals surface area contributed by atoms with Gasteiger partial charge in [0.05, 0.1) is 6.04 Å². The number of aromatic nitrogens is 4. The van der Waals surface area contributed by atoms with Crippen molar-refractivity contribution < 1.29 is 0 Å². The van der Waals surface area contributed by atoms with Crippen LogP contribution < -0.4 is 0 Å². The second kappa shape index (κ2) is 1.91. The molecule has 1 aromatic heterocycles.